The first kappa shape index (κ1) is 20.0. The molecule has 0 spiro atoms. The predicted molar refractivity (Wildman–Crippen MR) is 113 cm³/mol. The first-order chi connectivity index (χ1) is 14.6. The molecule has 3 heterocycles. The number of furan rings is 1. The molecule has 1 amide bonds. The summed E-state index contributed by atoms with van der Waals surface area (Å²) < 4.78 is 18.5. The number of thioether (sulfide) groups is 1. The van der Waals surface area contributed by atoms with Crippen molar-refractivity contribution in [2.45, 2.75) is 25.3 Å². The molecule has 30 heavy (non-hydrogen) atoms. The molecule has 0 aliphatic carbocycles. The summed E-state index contributed by atoms with van der Waals surface area (Å²) in [4.78, 5) is 13.6. The van der Waals surface area contributed by atoms with E-state index in [2.05, 4.69) is 11.4 Å². The number of hydrogen-bond acceptors (Lipinski definition) is 6. The first-order valence-electron chi connectivity index (χ1n) is 9.51. The van der Waals surface area contributed by atoms with Gasteiger partial charge in [-0.25, -0.2) is 0 Å². The summed E-state index contributed by atoms with van der Waals surface area (Å²) in [7, 11) is 0. The Kier molecular flexibility index (Phi) is 5.72. The molecular weight excluding hydrogens is 402 g/mol. The lowest BCUT2D eigenvalue weighted by Gasteiger charge is -2.18. The molecule has 154 valence electrons. The minimum Gasteiger partial charge on any atom is -0.486 e. The highest BCUT2D eigenvalue weighted by molar-refractivity contribution is 8.00. The van der Waals surface area contributed by atoms with E-state index in [1.54, 1.807) is 6.26 Å². The predicted octanol–water partition coefficient (Wildman–Crippen LogP) is 4.12. The number of fused-ring (bicyclic) bond motifs is 1. The number of rotatable bonds is 6. The van der Waals surface area contributed by atoms with Gasteiger partial charge in [-0.15, -0.1) is 11.8 Å². The standard InChI is InChI=1S/C22H21N3O4S/c1-14-15(2)25(12-16-4-3-7-27-16)22(18(14)11-23)24-21(26)13-30-17-5-6-19-20(10-17)29-9-8-28-19/h3-7,10H,8-9,12-13H2,1-2H3,(H,24,26). The lowest BCUT2D eigenvalue weighted by Crippen LogP contribution is -2.18. The average molecular weight is 423 g/mol. The molecule has 0 radical (unpaired) electrons. The van der Waals surface area contributed by atoms with Gasteiger partial charge in [0.2, 0.25) is 5.91 Å². The normalized spacial score (nSPS) is 12.4. The molecule has 1 N–H and O–H groups in total. The Balaban J connectivity index is 1.49. The van der Waals surface area contributed by atoms with Crippen LogP contribution in [-0.4, -0.2) is 29.4 Å². The third-order valence-electron chi connectivity index (χ3n) is 4.98. The Morgan fingerprint density at radius 1 is 1.23 bits per heavy atom. The molecular formula is C22H21N3O4S. The van der Waals surface area contributed by atoms with Crippen LogP contribution in [0.5, 0.6) is 11.5 Å². The molecule has 1 aromatic carbocycles. The molecule has 1 aliphatic heterocycles. The number of carbonyl (C=O) groups is 1. The maximum Gasteiger partial charge on any atom is 0.235 e. The molecule has 1 aliphatic rings. The Hall–Kier alpha value is -3.31. The summed E-state index contributed by atoms with van der Waals surface area (Å²) in [6.45, 7) is 5.31. The average Bonchev–Trinajstić information content (AvgIpc) is 3.35. The van der Waals surface area contributed by atoms with Crippen molar-refractivity contribution in [1.82, 2.24) is 4.57 Å². The fourth-order valence-corrected chi connectivity index (χ4v) is 4.04. The second kappa shape index (κ2) is 8.59. The number of nitrogens with zero attached hydrogens (tertiary/aromatic N) is 2. The van der Waals surface area contributed by atoms with Gasteiger partial charge in [0.15, 0.2) is 11.5 Å². The number of amides is 1. The lowest BCUT2D eigenvalue weighted by atomic mass is 10.2. The van der Waals surface area contributed by atoms with Crippen molar-refractivity contribution in [2.75, 3.05) is 24.3 Å². The zero-order valence-electron chi connectivity index (χ0n) is 16.7. The van der Waals surface area contributed by atoms with Gasteiger partial charge in [-0.3, -0.25) is 4.79 Å². The Morgan fingerprint density at radius 3 is 2.77 bits per heavy atom. The van der Waals surface area contributed by atoms with Gasteiger partial charge in [0, 0.05) is 10.6 Å². The Morgan fingerprint density at radius 2 is 2.03 bits per heavy atom. The van der Waals surface area contributed by atoms with E-state index in [4.69, 9.17) is 13.9 Å². The molecule has 0 atom stereocenters. The fraction of sp³-hybridized carbons (Fsp3) is 0.273. The molecule has 0 saturated heterocycles. The second-order valence-electron chi connectivity index (χ2n) is 6.85. The van der Waals surface area contributed by atoms with Crippen LogP contribution in [0.25, 0.3) is 0 Å². The fourth-order valence-electron chi connectivity index (χ4n) is 3.32. The number of nitriles is 1. The van der Waals surface area contributed by atoms with Crippen LogP contribution in [-0.2, 0) is 11.3 Å². The van der Waals surface area contributed by atoms with E-state index in [0.717, 1.165) is 27.7 Å². The molecule has 4 rings (SSSR count). The number of carbonyl (C=O) groups excluding carboxylic acids is 1. The number of nitrogens with one attached hydrogen (secondary N) is 1. The van der Waals surface area contributed by atoms with E-state index in [9.17, 15) is 10.1 Å². The Labute approximate surface area is 178 Å². The van der Waals surface area contributed by atoms with Crippen molar-refractivity contribution in [1.29, 1.82) is 5.26 Å². The minimum atomic E-state index is -0.190. The monoisotopic (exact) mass is 423 g/mol. The lowest BCUT2D eigenvalue weighted by molar-refractivity contribution is -0.113. The maximum atomic E-state index is 12.7. The summed E-state index contributed by atoms with van der Waals surface area (Å²) in [5.41, 5.74) is 2.23. The number of anilines is 1. The highest BCUT2D eigenvalue weighted by Crippen LogP contribution is 2.34. The SMILES string of the molecule is Cc1c(C#N)c(NC(=O)CSc2ccc3c(c2)OCCO3)n(Cc2ccco2)c1C. The topological polar surface area (TPSA) is 89.4 Å². The number of ether oxygens (including phenoxy) is 2. The van der Waals surface area contributed by atoms with Crippen LogP contribution in [0.3, 0.4) is 0 Å². The second-order valence-corrected chi connectivity index (χ2v) is 7.90. The van der Waals surface area contributed by atoms with Gasteiger partial charge in [0.25, 0.3) is 0 Å². The summed E-state index contributed by atoms with van der Waals surface area (Å²) in [5, 5.41) is 12.5. The van der Waals surface area contributed by atoms with Crippen molar-refractivity contribution >= 4 is 23.5 Å². The highest BCUT2D eigenvalue weighted by Gasteiger charge is 2.20. The summed E-state index contributed by atoms with van der Waals surface area (Å²) >= 11 is 1.40. The van der Waals surface area contributed by atoms with Gasteiger partial charge in [-0.2, -0.15) is 5.26 Å². The maximum absolute atomic E-state index is 12.7. The molecule has 0 unspecified atom stereocenters. The first-order valence-corrected chi connectivity index (χ1v) is 10.5. The van der Waals surface area contributed by atoms with E-state index >= 15 is 0 Å². The van der Waals surface area contributed by atoms with Crippen LogP contribution in [0.15, 0.2) is 45.9 Å². The van der Waals surface area contributed by atoms with E-state index < -0.39 is 0 Å². The van der Waals surface area contributed by atoms with Crippen molar-refractivity contribution in [2.24, 2.45) is 0 Å². The van der Waals surface area contributed by atoms with Gasteiger partial charge in [0.05, 0.1) is 24.1 Å². The van der Waals surface area contributed by atoms with Gasteiger partial charge in [-0.1, -0.05) is 0 Å². The number of benzene rings is 1. The zero-order valence-corrected chi connectivity index (χ0v) is 17.5. The third-order valence-corrected chi connectivity index (χ3v) is 5.97. The van der Waals surface area contributed by atoms with Crippen LogP contribution >= 0.6 is 11.8 Å². The van der Waals surface area contributed by atoms with Crippen molar-refractivity contribution in [3.63, 3.8) is 0 Å². The van der Waals surface area contributed by atoms with Gasteiger partial charge in [-0.05, 0) is 49.7 Å². The van der Waals surface area contributed by atoms with Crippen molar-refractivity contribution < 1.29 is 18.7 Å². The van der Waals surface area contributed by atoms with E-state index in [-0.39, 0.29) is 11.7 Å². The molecule has 0 saturated carbocycles. The summed E-state index contributed by atoms with van der Waals surface area (Å²) in [5.74, 6) is 2.67. The highest BCUT2D eigenvalue weighted by atomic mass is 32.2. The largest absolute Gasteiger partial charge is 0.486 e. The van der Waals surface area contributed by atoms with Crippen LogP contribution in [0.2, 0.25) is 0 Å². The summed E-state index contributed by atoms with van der Waals surface area (Å²) in [6, 6.07) is 11.5. The molecule has 7 nitrogen and oxygen atoms in total. The van der Waals surface area contributed by atoms with Gasteiger partial charge in [0.1, 0.15) is 30.9 Å². The van der Waals surface area contributed by atoms with Crippen LogP contribution < -0.4 is 14.8 Å². The molecule has 3 aromatic rings. The zero-order chi connectivity index (χ0) is 21.1. The van der Waals surface area contributed by atoms with E-state index in [1.807, 2.05) is 48.7 Å². The van der Waals surface area contributed by atoms with Crippen LogP contribution in [0.1, 0.15) is 22.6 Å². The molecule has 0 bridgehead atoms. The van der Waals surface area contributed by atoms with Gasteiger partial charge >= 0.3 is 0 Å². The minimum absolute atomic E-state index is 0.190. The number of aromatic nitrogens is 1. The Bertz CT molecular complexity index is 1110. The van der Waals surface area contributed by atoms with Crippen molar-refractivity contribution in [3.8, 4) is 17.6 Å². The third kappa shape index (κ3) is 4.02. The molecule has 0 fully saturated rings. The molecule has 8 heteroatoms. The van der Waals surface area contributed by atoms with E-state index in [0.29, 0.717) is 36.9 Å². The summed E-state index contributed by atoms with van der Waals surface area (Å²) in [6.07, 6.45) is 1.61. The van der Waals surface area contributed by atoms with Crippen molar-refractivity contribution in [3.05, 3.63) is 59.2 Å². The van der Waals surface area contributed by atoms with Gasteiger partial charge < -0.3 is 23.8 Å². The van der Waals surface area contributed by atoms with Crippen LogP contribution in [0.4, 0.5) is 5.82 Å². The van der Waals surface area contributed by atoms with E-state index in [1.165, 1.54) is 11.8 Å². The smallest absolute Gasteiger partial charge is 0.235 e. The quantitative estimate of drug-likeness (QED) is 0.600. The van der Waals surface area contributed by atoms with Crippen LogP contribution in [0, 0.1) is 25.2 Å². The molecule has 2 aromatic heterocycles. The number of hydrogen-bond donors (Lipinski definition) is 1.